The summed E-state index contributed by atoms with van der Waals surface area (Å²) < 4.78 is 12.2. The Labute approximate surface area is 217 Å². The first-order valence-electron chi connectivity index (χ1n) is 13.0. The van der Waals surface area contributed by atoms with Crippen LogP contribution in [0.25, 0.3) is 11.1 Å². The van der Waals surface area contributed by atoms with Crippen molar-refractivity contribution in [2.75, 3.05) is 30.5 Å². The van der Waals surface area contributed by atoms with E-state index in [1.165, 1.54) is 5.56 Å². The smallest absolute Gasteiger partial charge is 0.299 e. The minimum atomic E-state index is 0.115. The maximum atomic E-state index is 12.5. The molecule has 0 aliphatic carbocycles. The van der Waals surface area contributed by atoms with E-state index < -0.39 is 0 Å². The lowest BCUT2D eigenvalue weighted by molar-refractivity contribution is -0.118. The Kier molecular flexibility index (Phi) is 6.30. The molecule has 1 saturated heterocycles. The van der Waals surface area contributed by atoms with Crippen molar-refractivity contribution >= 4 is 28.7 Å². The van der Waals surface area contributed by atoms with Gasteiger partial charge in [0.05, 0.1) is 25.7 Å². The highest BCUT2D eigenvalue weighted by Gasteiger charge is 2.35. The van der Waals surface area contributed by atoms with Gasteiger partial charge in [-0.25, -0.2) is 0 Å². The summed E-state index contributed by atoms with van der Waals surface area (Å²) in [5.74, 6) is 0.961. The number of hydrogen-bond acceptors (Lipinski definition) is 6. The molecule has 2 atom stereocenters. The van der Waals surface area contributed by atoms with Crippen molar-refractivity contribution in [3.8, 4) is 5.75 Å². The van der Waals surface area contributed by atoms with E-state index >= 15 is 0 Å². The normalized spacial score (nSPS) is 19.6. The lowest BCUT2D eigenvalue weighted by atomic mass is 9.90. The van der Waals surface area contributed by atoms with Crippen molar-refractivity contribution in [1.82, 2.24) is 10.3 Å². The second-order valence-electron chi connectivity index (χ2n) is 9.89. The van der Waals surface area contributed by atoms with E-state index in [0.29, 0.717) is 19.0 Å². The number of ether oxygens (including phenoxy) is 1. The van der Waals surface area contributed by atoms with Gasteiger partial charge in [0.1, 0.15) is 11.3 Å². The number of benzene rings is 3. The van der Waals surface area contributed by atoms with E-state index in [0.717, 1.165) is 59.5 Å². The predicted octanol–water partition coefficient (Wildman–Crippen LogP) is 5.25. The maximum absolute atomic E-state index is 12.5. The fraction of sp³-hybridized carbons (Fsp3) is 0.333. The highest BCUT2D eigenvalue weighted by Crippen LogP contribution is 2.38. The molecule has 1 N–H and O–H groups in total. The Bertz CT molecular complexity index is 1380. The molecule has 2 aliphatic rings. The van der Waals surface area contributed by atoms with Gasteiger partial charge in [0.2, 0.25) is 5.91 Å². The Morgan fingerprint density at radius 1 is 1.11 bits per heavy atom. The van der Waals surface area contributed by atoms with Crippen LogP contribution in [0.4, 0.5) is 11.7 Å². The number of methoxy groups -OCH3 is 1. The molecule has 2 unspecified atom stereocenters. The summed E-state index contributed by atoms with van der Waals surface area (Å²) in [6, 6.07) is 23.5. The van der Waals surface area contributed by atoms with Gasteiger partial charge >= 0.3 is 0 Å². The minimum Gasteiger partial charge on any atom is -0.496 e. The van der Waals surface area contributed by atoms with Gasteiger partial charge in [-0.1, -0.05) is 42.5 Å². The fourth-order valence-electron chi connectivity index (χ4n) is 5.72. The predicted molar refractivity (Wildman–Crippen MR) is 145 cm³/mol. The van der Waals surface area contributed by atoms with Crippen molar-refractivity contribution in [2.45, 2.75) is 44.3 Å². The zero-order valence-corrected chi connectivity index (χ0v) is 21.3. The zero-order chi connectivity index (χ0) is 25.4. The van der Waals surface area contributed by atoms with Crippen LogP contribution in [-0.4, -0.2) is 37.6 Å². The first kappa shape index (κ1) is 23.6. The quantitative estimate of drug-likeness (QED) is 0.393. The first-order chi connectivity index (χ1) is 18.1. The van der Waals surface area contributed by atoms with Crippen LogP contribution in [0.15, 0.2) is 71.1 Å². The number of nitrogens with one attached hydrogen (secondary N) is 1. The monoisotopic (exact) mass is 496 g/mol. The largest absolute Gasteiger partial charge is 0.496 e. The summed E-state index contributed by atoms with van der Waals surface area (Å²) in [5.41, 5.74) is 5.94. The third-order valence-corrected chi connectivity index (χ3v) is 7.68. The number of hydrogen-bond donors (Lipinski definition) is 1. The molecule has 7 heteroatoms. The molecule has 190 valence electrons. The van der Waals surface area contributed by atoms with E-state index in [-0.39, 0.29) is 18.0 Å². The molecule has 6 rings (SSSR count). The number of carbonyl (C=O) groups excluding carboxylic acids is 1. The molecule has 0 radical (unpaired) electrons. The summed E-state index contributed by atoms with van der Waals surface area (Å²) in [6.45, 7) is 1.51. The number of amides is 1. The molecule has 1 fully saturated rings. The third-order valence-electron chi connectivity index (χ3n) is 7.68. The SMILES string of the molecule is COc1cc2c(cc1CN(c1nc3ccccc3o1)C1CCCNC1c1ccccc1)N(C)C(=O)CC2. The Morgan fingerprint density at radius 2 is 1.92 bits per heavy atom. The number of nitrogens with zero attached hydrogens (tertiary/aromatic N) is 3. The van der Waals surface area contributed by atoms with Crippen molar-refractivity contribution in [3.63, 3.8) is 0 Å². The van der Waals surface area contributed by atoms with E-state index in [1.807, 2.05) is 31.3 Å². The topological polar surface area (TPSA) is 70.8 Å². The number of aryl methyl sites for hydroxylation is 1. The van der Waals surface area contributed by atoms with Crippen LogP contribution in [0, 0.1) is 0 Å². The second-order valence-corrected chi connectivity index (χ2v) is 9.89. The number of aromatic nitrogens is 1. The van der Waals surface area contributed by atoms with Gasteiger partial charge in [-0.05, 0) is 61.2 Å². The Hall–Kier alpha value is -3.84. The number of fused-ring (bicyclic) bond motifs is 2. The Balaban J connectivity index is 1.45. The van der Waals surface area contributed by atoms with Crippen LogP contribution in [0.1, 0.15) is 42.0 Å². The van der Waals surface area contributed by atoms with E-state index in [1.54, 1.807) is 12.0 Å². The van der Waals surface area contributed by atoms with Crippen molar-refractivity contribution in [1.29, 1.82) is 0 Å². The lowest BCUT2D eigenvalue weighted by Gasteiger charge is -2.40. The number of oxazole rings is 1. The molecular formula is C30H32N4O3. The minimum absolute atomic E-state index is 0.115. The van der Waals surface area contributed by atoms with Crippen LogP contribution in [0.5, 0.6) is 5.75 Å². The summed E-state index contributed by atoms with van der Waals surface area (Å²) in [4.78, 5) is 21.4. The number of piperidine rings is 1. The van der Waals surface area contributed by atoms with Crippen LogP contribution in [0.3, 0.4) is 0 Å². The molecule has 3 heterocycles. The van der Waals surface area contributed by atoms with E-state index in [9.17, 15) is 4.79 Å². The van der Waals surface area contributed by atoms with Gasteiger partial charge in [0, 0.05) is 24.7 Å². The summed E-state index contributed by atoms with van der Waals surface area (Å²) >= 11 is 0. The van der Waals surface area contributed by atoms with Crippen LogP contribution in [0.2, 0.25) is 0 Å². The fourth-order valence-corrected chi connectivity index (χ4v) is 5.72. The molecule has 7 nitrogen and oxygen atoms in total. The van der Waals surface area contributed by atoms with E-state index in [4.69, 9.17) is 14.1 Å². The van der Waals surface area contributed by atoms with Crippen LogP contribution in [-0.2, 0) is 17.8 Å². The average Bonchev–Trinajstić information content (AvgIpc) is 3.38. The van der Waals surface area contributed by atoms with Gasteiger partial charge < -0.3 is 24.3 Å². The number of rotatable bonds is 6. The molecule has 0 bridgehead atoms. The van der Waals surface area contributed by atoms with Gasteiger partial charge in [0.25, 0.3) is 6.01 Å². The molecule has 0 spiro atoms. The van der Waals surface area contributed by atoms with Gasteiger partial charge in [-0.2, -0.15) is 4.98 Å². The Morgan fingerprint density at radius 3 is 2.73 bits per heavy atom. The van der Waals surface area contributed by atoms with Crippen molar-refractivity contribution < 1.29 is 13.9 Å². The summed E-state index contributed by atoms with van der Waals surface area (Å²) in [6.07, 6.45) is 3.31. The molecular weight excluding hydrogens is 464 g/mol. The molecule has 2 aliphatic heterocycles. The van der Waals surface area contributed by atoms with Gasteiger partial charge in [-0.15, -0.1) is 0 Å². The highest BCUT2D eigenvalue weighted by atomic mass is 16.5. The van der Waals surface area contributed by atoms with Gasteiger partial charge in [-0.3, -0.25) is 4.79 Å². The molecule has 1 aromatic heterocycles. The highest BCUT2D eigenvalue weighted by molar-refractivity contribution is 5.96. The lowest BCUT2D eigenvalue weighted by Crippen LogP contribution is -2.48. The third kappa shape index (κ3) is 4.44. The number of carbonyl (C=O) groups is 1. The summed E-state index contributed by atoms with van der Waals surface area (Å²) in [7, 11) is 3.56. The molecule has 1 amide bonds. The molecule has 3 aromatic carbocycles. The van der Waals surface area contributed by atoms with Gasteiger partial charge in [0.15, 0.2) is 5.58 Å². The first-order valence-corrected chi connectivity index (χ1v) is 13.0. The molecule has 0 saturated carbocycles. The van der Waals surface area contributed by atoms with Crippen LogP contribution < -0.4 is 19.9 Å². The second kappa shape index (κ2) is 9.90. The number of para-hydroxylation sites is 2. The zero-order valence-electron chi connectivity index (χ0n) is 21.3. The average molecular weight is 497 g/mol. The standard InChI is InChI=1S/C30H32N4O3/c1-33-25-17-22(27(36-2)18-21(25)14-15-28(33)35)19-34(30-32-23-11-6-7-13-26(23)37-30)24-12-8-16-31-29(24)20-9-4-3-5-10-20/h3-7,9-11,13,17-18,24,29,31H,8,12,14-16,19H2,1-2H3. The molecule has 37 heavy (non-hydrogen) atoms. The maximum Gasteiger partial charge on any atom is 0.299 e. The molecule has 4 aromatic rings. The van der Waals surface area contributed by atoms with Crippen molar-refractivity contribution in [3.05, 3.63) is 83.4 Å². The number of anilines is 2. The van der Waals surface area contributed by atoms with Crippen molar-refractivity contribution in [2.24, 2.45) is 0 Å². The summed E-state index contributed by atoms with van der Waals surface area (Å²) in [5, 5.41) is 3.75. The van der Waals surface area contributed by atoms with E-state index in [2.05, 4.69) is 52.7 Å². The van der Waals surface area contributed by atoms with Crippen LogP contribution >= 0.6 is 0 Å².